The fraction of sp³-hybridized carbons (Fsp3) is 0.405. The number of carbonyl (C=O) groups excluding carboxylic acids is 1. The number of hydrogen-bond acceptors (Lipinski definition) is 9. The summed E-state index contributed by atoms with van der Waals surface area (Å²) in [6.07, 6.45) is 2.44. The van der Waals surface area contributed by atoms with Crippen molar-refractivity contribution in [1.29, 1.82) is 0 Å². The molecule has 4 bridgehead atoms. The van der Waals surface area contributed by atoms with Crippen LogP contribution in [0.3, 0.4) is 0 Å². The Hall–Kier alpha value is -4.55. The maximum atomic E-state index is 14.5. The fourth-order valence-electron chi connectivity index (χ4n) is 6.76. The summed E-state index contributed by atoms with van der Waals surface area (Å²) in [6, 6.07) is 18.9. The molecule has 0 unspecified atom stereocenters. The van der Waals surface area contributed by atoms with Crippen molar-refractivity contribution in [1.82, 2.24) is 19.9 Å². The molecule has 2 aliphatic rings. The monoisotopic (exact) mass is 684 g/mol. The van der Waals surface area contributed by atoms with Gasteiger partial charge in [0.1, 0.15) is 12.4 Å². The molecule has 258 valence electrons. The van der Waals surface area contributed by atoms with Crippen LogP contribution in [0.2, 0.25) is 0 Å². The largest absolute Gasteiger partial charge is 0.475 e. The first-order valence-electron chi connectivity index (χ1n) is 16.7. The number of nitrogens with one attached hydrogen (secondary N) is 1. The van der Waals surface area contributed by atoms with Crippen LogP contribution in [0.5, 0.6) is 5.88 Å². The predicted octanol–water partition coefficient (Wildman–Crippen LogP) is 5.76. The lowest BCUT2D eigenvalue weighted by molar-refractivity contribution is 0.0509. The Morgan fingerprint density at radius 3 is 2.43 bits per heavy atom. The van der Waals surface area contributed by atoms with Gasteiger partial charge in [-0.05, 0) is 80.0 Å². The Balaban J connectivity index is 1.46. The highest BCUT2D eigenvalue weighted by molar-refractivity contribution is 7.92. The molecule has 0 spiro atoms. The summed E-state index contributed by atoms with van der Waals surface area (Å²) >= 11 is 0. The van der Waals surface area contributed by atoms with E-state index in [0.717, 1.165) is 41.9 Å². The molecule has 2 atom stereocenters. The maximum Gasteiger partial charge on any atom is 0.264 e. The molecule has 12 heteroatoms. The number of fused-ring (bicyclic) bond motifs is 4. The third-order valence-electron chi connectivity index (χ3n) is 9.04. The SMILES string of the molecule is Cc1cccc(C)c1-c1cc2nc(n1)NS(=O)(=O)c1cccc(c1)C(=O)N(Cc1cccc(N3CCC[C@@H]3CO)n1)[C@H](CC(C)(C)C)CO2. The Morgan fingerprint density at radius 1 is 0.959 bits per heavy atom. The first-order chi connectivity index (χ1) is 23.3. The van der Waals surface area contributed by atoms with Crippen LogP contribution in [0.25, 0.3) is 11.3 Å². The molecule has 1 fully saturated rings. The lowest BCUT2D eigenvalue weighted by atomic mass is 9.87. The summed E-state index contributed by atoms with van der Waals surface area (Å²) in [5, 5.41) is 9.94. The van der Waals surface area contributed by atoms with Gasteiger partial charge in [-0.15, -0.1) is 0 Å². The first kappa shape index (κ1) is 34.3. The average molecular weight is 685 g/mol. The topological polar surface area (TPSA) is 138 Å². The van der Waals surface area contributed by atoms with E-state index in [0.29, 0.717) is 17.8 Å². The number of aryl methyl sites for hydroxylation is 2. The number of sulfonamides is 1. The van der Waals surface area contributed by atoms with E-state index >= 15 is 0 Å². The minimum atomic E-state index is -4.18. The number of aliphatic hydroxyl groups is 1. The molecule has 2 aromatic heterocycles. The smallest absolute Gasteiger partial charge is 0.264 e. The van der Waals surface area contributed by atoms with Crippen molar-refractivity contribution in [3.8, 4) is 17.1 Å². The van der Waals surface area contributed by atoms with Gasteiger partial charge in [-0.1, -0.05) is 51.1 Å². The van der Waals surface area contributed by atoms with E-state index < -0.39 is 16.1 Å². The van der Waals surface area contributed by atoms with E-state index in [2.05, 4.69) is 40.4 Å². The van der Waals surface area contributed by atoms with Crippen molar-refractivity contribution in [2.24, 2.45) is 5.41 Å². The van der Waals surface area contributed by atoms with Gasteiger partial charge in [0, 0.05) is 23.7 Å². The van der Waals surface area contributed by atoms with Gasteiger partial charge in [0.05, 0.1) is 41.5 Å². The van der Waals surface area contributed by atoms with E-state index in [9.17, 15) is 18.3 Å². The Morgan fingerprint density at radius 2 is 1.69 bits per heavy atom. The number of carbonyl (C=O) groups is 1. The summed E-state index contributed by atoms with van der Waals surface area (Å²) in [5.74, 6) is 0.471. The minimum absolute atomic E-state index is 0.00130. The molecular formula is C37H44N6O5S. The molecule has 4 heterocycles. The summed E-state index contributed by atoms with van der Waals surface area (Å²) in [5.41, 5.74) is 4.02. The fourth-order valence-corrected chi connectivity index (χ4v) is 7.75. The number of rotatable bonds is 6. The van der Waals surface area contributed by atoms with Crippen molar-refractivity contribution < 1.29 is 23.1 Å². The van der Waals surface area contributed by atoms with E-state index in [1.54, 1.807) is 23.1 Å². The number of nitrogens with zero attached hydrogens (tertiary/aromatic N) is 5. The summed E-state index contributed by atoms with van der Waals surface area (Å²) in [4.78, 5) is 32.3. The van der Waals surface area contributed by atoms with E-state index in [1.165, 1.54) is 12.1 Å². The molecular weight excluding hydrogens is 641 g/mol. The second-order valence-corrected chi connectivity index (χ2v) is 15.8. The highest BCUT2D eigenvalue weighted by atomic mass is 32.2. The number of anilines is 2. The van der Waals surface area contributed by atoms with Crippen LogP contribution < -0.4 is 14.4 Å². The normalized spacial score (nSPS) is 19.3. The Labute approximate surface area is 288 Å². The molecule has 2 aromatic carbocycles. The molecule has 2 aliphatic heterocycles. The molecule has 0 saturated carbocycles. The predicted molar refractivity (Wildman–Crippen MR) is 189 cm³/mol. The van der Waals surface area contributed by atoms with Crippen LogP contribution >= 0.6 is 0 Å². The average Bonchev–Trinajstić information content (AvgIpc) is 3.54. The van der Waals surface area contributed by atoms with Crippen molar-refractivity contribution in [2.45, 2.75) is 77.4 Å². The number of aromatic nitrogens is 3. The quantitative estimate of drug-likeness (QED) is 0.260. The second-order valence-electron chi connectivity index (χ2n) is 14.1. The number of ether oxygens (including phenoxy) is 1. The molecule has 49 heavy (non-hydrogen) atoms. The lowest BCUT2D eigenvalue weighted by Crippen LogP contribution is -2.45. The Bertz CT molecular complexity index is 1940. The maximum absolute atomic E-state index is 14.5. The van der Waals surface area contributed by atoms with E-state index in [-0.39, 0.29) is 59.4 Å². The van der Waals surface area contributed by atoms with Gasteiger partial charge in [0.2, 0.25) is 11.8 Å². The number of amides is 1. The van der Waals surface area contributed by atoms with Gasteiger partial charge in [-0.3, -0.25) is 4.79 Å². The molecule has 1 saturated heterocycles. The molecule has 1 amide bonds. The molecule has 11 nitrogen and oxygen atoms in total. The van der Waals surface area contributed by atoms with Gasteiger partial charge < -0.3 is 19.6 Å². The van der Waals surface area contributed by atoms with Gasteiger partial charge in [0.15, 0.2) is 0 Å². The zero-order valence-corrected chi connectivity index (χ0v) is 29.5. The molecule has 4 aromatic rings. The van der Waals surface area contributed by atoms with Gasteiger partial charge in [-0.25, -0.2) is 23.1 Å². The second kappa shape index (κ2) is 13.8. The lowest BCUT2D eigenvalue weighted by Gasteiger charge is -2.36. The van der Waals surface area contributed by atoms with Gasteiger partial charge in [0.25, 0.3) is 15.9 Å². The van der Waals surface area contributed by atoms with Crippen molar-refractivity contribution >= 4 is 27.7 Å². The third kappa shape index (κ3) is 7.70. The van der Waals surface area contributed by atoms with E-state index in [4.69, 9.17) is 9.72 Å². The van der Waals surface area contributed by atoms with Crippen LogP contribution in [0, 0.1) is 19.3 Å². The summed E-state index contributed by atoms with van der Waals surface area (Å²) in [7, 11) is -4.18. The van der Waals surface area contributed by atoms with Crippen LogP contribution in [0.4, 0.5) is 11.8 Å². The zero-order chi connectivity index (χ0) is 34.9. The number of benzene rings is 2. The van der Waals surface area contributed by atoms with Gasteiger partial charge in [-0.2, -0.15) is 4.98 Å². The van der Waals surface area contributed by atoms with E-state index in [1.807, 2.05) is 50.2 Å². The van der Waals surface area contributed by atoms with Crippen LogP contribution in [0.1, 0.15) is 67.2 Å². The third-order valence-corrected chi connectivity index (χ3v) is 10.4. The zero-order valence-electron chi connectivity index (χ0n) is 28.7. The van der Waals surface area contributed by atoms with Crippen molar-refractivity contribution in [3.63, 3.8) is 0 Å². The van der Waals surface area contributed by atoms with Gasteiger partial charge >= 0.3 is 0 Å². The standard InChI is InChI=1S/C37H44N6O5S/c1-24-10-6-11-25(2)34(24)31-19-33-40-36(39-31)41-49(46,47)30-15-7-12-26(18-30)35(45)43(29(23-48-33)20-37(3,4)5)21-27-13-8-16-32(38-27)42-17-9-14-28(42)22-44/h6-8,10-13,15-16,18-19,28-29,44H,9,14,17,20-23H2,1-5H3,(H,39,40,41)/t28-,29-/m1/s1. The highest BCUT2D eigenvalue weighted by Crippen LogP contribution is 2.32. The minimum Gasteiger partial charge on any atom is -0.475 e. The number of pyridine rings is 1. The molecule has 0 radical (unpaired) electrons. The number of hydrogen-bond donors (Lipinski definition) is 2. The summed E-state index contributed by atoms with van der Waals surface area (Å²) < 4.78 is 36.3. The first-order valence-corrected chi connectivity index (χ1v) is 18.2. The molecule has 0 aliphatic carbocycles. The summed E-state index contributed by atoms with van der Waals surface area (Å²) in [6.45, 7) is 11.4. The van der Waals surface area contributed by atoms with Crippen molar-refractivity contribution in [2.75, 3.05) is 29.4 Å². The van der Waals surface area contributed by atoms with Crippen LogP contribution in [0.15, 0.2) is 71.6 Å². The highest BCUT2D eigenvalue weighted by Gasteiger charge is 2.32. The van der Waals surface area contributed by atoms with Crippen molar-refractivity contribution in [3.05, 3.63) is 89.1 Å². The van der Waals surface area contributed by atoms with Crippen LogP contribution in [-0.4, -0.2) is 71.1 Å². The van der Waals surface area contributed by atoms with Crippen LogP contribution in [-0.2, 0) is 16.6 Å². The number of aliphatic hydroxyl groups excluding tert-OH is 1. The Kier molecular flexibility index (Phi) is 9.63. The molecule has 6 rings (SSSR count). The molecule has 2 N–H and O–H groups in total.